The maximum Gasteiger partial charge on any atom is 0.338 e. The summed E-state index contributed by atoms with van der Waals surface area (Å²) in [5.41, 5.74) is 9.54. The van der Waals surface area contributed by atoms with Crippen LogP contribution < -0.4 is 0 Å². The number of esters is 3. The van der Waals surface area contributed by atoms with E-state index in [4.69, 9.17) is 28.9 Å². The molecule has 0 unspecified atom stereocenters. The van der Waals surface area contributed by atoms with Crippen molar-refractivity contribution in [2.45, 2.75) is 31.0 Å². The Hall–Kier alpha value is -5.38. The minimum atomic E-state index is -1.19. The second-order valence-corrected chi connectivity index (χ2v) is 9.22. The van der Waals surface area contributed by atoms with Crippen LogP contribution in [0, 0.1) is 0 Å². The predicted octanol–water partition coefficient (Wildman–Crippen LogP) is 5.84. The van der Waals surface area contributed by atoms with Gasteiger partial charge in [-0.05, 0) is 54.1 Å². The number of hydrogen-bond donors (Lipinski definition) is 0. The third kappa shape index (κ3) is 6.67. The zero-order chi connectivity index (χ0) is 29.3. The molecule has 4 atom stereocenters. The van der Waals surface area contributed by atoms with Crippen LogP contribution in [0.2, 0.25) is 0 Å². The lowest BCUT2D eigenvalue weighted by Gasteiger charge is -2.24. The summed E-state index contributed by atoms with van der Waals surface area (Å²) in [6.45, 7) is -0.370. The van der Waals surface area contributed by atoms with Gasteiger partial charge in [0.25, 0.3) is 0 Å². The van der Waals surface area contributed by atoms with E-state index in [-0.39, 0.29) is 30.0 Å². The lowest BCUT2D eigenvalue weighted by molar-refractivity contribution is -0.0463. The molecule has 4 aromatic rings. The molecule has 2 heterocycles. The molecule has 212 valence electrons. The summed E-state index contributed by atoms with van der Waals surface area (Å²) in [7, 11) is 0. The summed E-state index contributed by atoms with van der Waals surface area (Å²) in [5.74, 6) is -1.40. The quantitative estimate of drug-likeness (QED) is 0.0763. The molecule has 1 fully saturated rings. The van der Waals surface area contributed by atoms with Crippen molar-refractivity contribution in [2.75, 3.05) is 6.61 Å². The molecule has 0 bridgehead atoms. The Morgan fingerprint density at radius 1 is 0.714 bits per heavy atom. The summed E-state index contributed by atoms with van der Waals surface area (Å²) in [4.78, 5) is 41.8. The largest absolute Gasteiger partial charge is 0.463 e. The smallest absolute Gasteiger partial charge is 0.338 e. The van der Waals surface area contributed by atoms with Gasteiger partial charge in [-0.1, -0.05) is 59.7 Å². The molecule has 5 rings (SSSR count). The van der Waals surface area contributed by atoms with Crippen molar-refractivity contribution in [3.8, 4) is 0 Å². The molecule has 42 heavy (non-hydrogen) atoms. The van der Waals surface area contributed by atoms with Crippen molar-refractivity contribution >= 4 is 17.9 Å². The Balaban J connectivity index is 1.46. The molecule has 1 aliphatic heterocycles. The van der Waals surface area contributed by atoms with E-state index in [1.54, 1.807) is 103 Å². The lowest BCUT2D eigenvalue weighted by atomic mass is 10.1. The molecule has 11 heteroatoms. The summed E-state index contributed by atoms with van der Waals surface area (Å²) in [6.07, 6.45) is -4.46. The maximum absolute atomic E-state index is 13.2. The van der Waals surface area contributed by atoms with Crippen LogP contribution in [0.4, 0.5) is 0 Å². The van der Waals surface area contributed by atoms with Crippen LogP contribution in [0.15, 0.2) is 113 Å². The maximum atomic E-state index is 13.2. The first kappa shape index (κ1) is 28.2. The van der Waals surface area contributed by atoms with E-state index in [2.05, 4.69) is 10.0 Å². The van der Waals surface area contributed by atoms with Crippen LogP contribution in [-0.4, -0.2) is 42.8 Å². The molecule has 0 aliphatic carbocycles. The lowest BCUT2D eigenvalue weighted by Crippen LogP contribution is -2.40. The summed E-state index contributed by atoms with van der Waals surface area (Å²) in [5, 5.41) is 3.50. The Morgan fingerprint density at radius 2 is 1.24 bits per heavy atom. The van der Waals surface area contributed by atoms with Gasteiger partial charge in [-0.2, -0.15) is 0 Å². The van der Waals surface area contributed by atoms with Crippen molar-refractivity contribution in [2.24, 2.45) is 5.11 Å². The molecular formula is C31H25N3O8. The van der Waals surface area contributed by atoms with Crippen LogP contribution in [0.1, 0.15) is 48.7 Å². The second-order valence-electron chi connectivity index (χ2n) is 9.22. The van der Waals surface area contributed by atoms with Crippen molar-refractivity contribution in [3.05, 3.63) is 142 Å². The van der Waals surface area contributed by atoms with E-state index >= 15 is 0 Å². The fourth-order valence-electron chi connectivity index (χ4n) is 4.44. The first-order valence-electron chi connectivity index (χ1n) is 13.0. The predicted molar refractivity (Wildman–Crippen MR) is 147 cm³/mol. The van der Waals surface area contributed by atoms with Crippen molar-refractivity contribution in [1.29, 1.82) is 0 Å². The molecular weight excluding hydrogens is 542 g/mol. The average molecular weight is 568 g/mol. The molecule has 0 amide bonds. The van der Waals surface area contributed by atoms with Gasteiger partial charge in [0.1, 0.15) is 24.2 Å². The number of nitrogens with zero attached hydrogens (tertiary/aromatic N) is 3. The number of azide groups is 1. The molecule has 3 aromatic carbocycles. The first-order chi connectivity index (χ1) is 20.5. The topological polar surface area (TPSA) is 150 Å². The van der Waals surface area contributed by atoms with E-state index in [9.17, 15) is 14.4 Å². The normalized spacial score (nSPS) is 19.3. The third-order valence-electron chi connectivity index (χ3n) is 6.46. The Kier molecular flexibility index (Phi) is 8.93. The van der Waals surface area contributed by atoms with Crippen molar-refractivity contribution < 1.29 is 37.7 Å². The number of hydrogen-bond acceptors (Lipinski definition) is 9. The van der Waals surface area contributed by atoms with Gasteiger partial charge in [-0.25, -0.2) is 14.4 Å². The van der Waals surface area contributed by atoms with E-state index in [0.717, 1.165) is 0 Å². The highest BCUT2D eigenvalue weighted by atomic mass is 16.7. The fourth-order valence-corrected chi connectivity index (χ4v) is 4.44. The number of carbonyl (C=O) groups is 3. The molecule has 11 nitrogen and oxygen atoms in total. The second kappa shape index (κ2) is 13.3. The number of rotatable bonds is 10. The Morgan fingerprint density at radius 3 is 1.79 bits per heavy atom. The van der Waals surface area contributed by atoms with Crippen LogP contribution in [0.3, 0.4) is 0 Å². The minimum Gasteiger partial charge on any atom is -0.463 e. The van der Waals surface area contributed by atoms with Crippen LogP contribution in [-0.2, 0) is 25.5 Å². The highest BCUT2D eigenvalue weighted by Crippen LogP contribution is 2.39. The SMILES string of the molecule is [N-]=[N+]=NCc1ccc([C@@H]2O[C@H](COC(=O)c3ccccc3)[C@@H](OC(=O)c3ccccc3)[C@H]2OC(=O)c2ccccc2)o1. The van der Waals surface area contributed by atoms with Crippen molar-refractivity contribution in [1.82, 2.24) is 0 Å². The summed E-state index contributed by atoms with van der Waals surface area (Å²) >= 11 is 0. The third-order valence-corrected chi connectivity index (χ3v) is 6.46. The molecule has 1 saturated heterocycles. The average Bonchev–Trinajstić information content (AvgIpc) is 3.64. The van der Waals surface area contributed by atoms with Gasteiger partial charge >= 0.3 is 17.9 Å². The van der Waals surface area contributed by atoms with Crippen LogP contribution >= 0.6 is 0 Å². The van der Waals surface area contributed by atoms with E-state index in [0.29, 0.717) is 11.3 Å². The van der Waals surface area contributed by atoms with Crippen molar-refractivity contribution in [3.63, 3.8) is 0 Å². The zero-order valence-electron chi connectivity index (χ0n) is 22.1. The zero-order valence-corrected chi connectivity index (χ0v) is 22.1. The molecule has 0 saturated carbocycles. The summed E-state index contributed by atoms with van der Waals surface area (Å²) in [6, 6.07) is 28.2. The van der Waals surface area contributed by atoms with Gasteiger partial charge in [-0.15, -0.1) is 0 Å². The standard InChI is InChI=1S/C31H25N3O8/c32-34-33-18-23-16-17-24(39-23)26-28(42-31(37)22-14-8-3-9-15-22)27(41-30(36)21-12-6-2-7-13-21)25(40-26)19-38-29(35)20-10-4-1-5-11-20/h1-17,25-28H,18-19H2/t25-,26+,27-,28+/m1/s1. The highest BCUT2D eigenvalue weighted by Gasteiger charge is 2.52. The fraction of sp³-hybridized carbons (Fsp3) is 0.194. The number of furan rings is 1. The van der Waals surface area contributed by atoms with E-state index < -0.39 is 42.3 Å². The molecule has 1 aliphatic rings. The molecule has 0 spiro atoms. The minimum absolute atomic E-state index is 0.0533. The van der Waals surface area contributed by atoms with Gasteiger partial charge in [0.2, 0.25) is 0 Å². The van der Waals surface area contributed by atoms with E-state index in [1.807, 2.05) is 0 Å². The number of carbonyl (C=O) groups excluding carboxylic acids is 3. The van der Waals surface area contributed by atoms with Crippen LogP contribution in [0.5, 0.6) is 0 Å². The van der Waals surface area contributed by atoms with Gasteiger partial charge < -0.3 is 23.4 Å². The van der Waals surface area contributed by atoms with Crippen LogP contribution in [0.25, 0.3) is 10.4 Å². The Labute approximate surface area is 240 Å². The van der Waals surface area contributed by atoms with Gasteiger partial charge in [-0.3, -0.25) is 0 Å². The first-order valence-corrected chi connectivity index (χ1v) is 13.0. The van der Waals surface area contributed by atoms with Gasteiger partial charge in [0, 0.05) is 4.91 Å². The van der Waals surface area contributed by atoms with E-state index in [1.165, 1.54) is 0 Å². The monoisotopic (exact) mass is 567 g/mol. The van der Waals surface area contributed by atoms with Gasteiger partial charge in [0.15, 0.2) is 18.3 Å². The number of ether oxygens (including phenoxy) is 4. The molecule has 1 aromatic heterocycles. The number of benzene rings is 3. The molecule has 0 N–H and O–H groups in total. The highest BCUT2D eigenvalue weighted by molar-refractivity contribution is 5.91. The molecule has 0 radical (unpaired) electrons. The summed E-state index contributed by atoms with van der Waals surface area (Å²) < 4.78 is 29.4. The Bertz CT molecular complexity index is 1570. The van der Waals surface area contributed by atoms with Gasteiger partial charge in [0.05, 0.1) is 23.2 Å².